The van der Waals surface area contributed by atoms with Gasteiger partial charge in [0.1, 0.15) is 5.69 Å². The smallest absolute Gasteiger partial charge is 0.168 e. The number of aromatic nitrogens is 2. The molecule has 1 aromatic heterocycles. The molecule has 1 aromatic carbocycles. The molecule has 70 valence electrons. The average molecular weight is 186 g/mol. The van der Waals surface area contributed by atoms with Gasteiger partial charge >= 0.3 is 0 Å². The van der Waals surface area contributed by atoms with Crippen molar-refractivity contribution in [2.75, 3.05) is 0 Å². The molecule has 1 N–H and O–H groups in total. The van der Waals surface area contributed by atoms with Gasteiger partial charge in [-0.05, 0) is 6.92 Å². The first kappa shape index (κ1) is 8.69. The Hall–Kier alpha value is -1.90. The summed E-state index contributed by atoms with van der Waals surface area (Å²) in [7, 11) is 0. The van der Waals surface area contributed by atoms with E-state index in [1.54, 1.807) is 0 Å². The maximum Gasteiger partial charge on any atom is 0.168 e. The number of aromatic amines is 1. The van der Waals surface area contributed by atoms with Crippen molar-refractivity contribution in [3.8, 4) is 11.3 Å². The van der Waals surface area contributed by atoms with Crippen molar-refractivity contribution in [2.45, 2.75) is 6.92 Å². The van der Waals surface area contributed by atoms with Crippen molar-refractivity contribution < 1.29 is 4.79 Å². The van der Waals surface area contributed by atoms with Crippen LogP contribution in [0, 0.1) is 6.92 Å². The summed E-state index contributed by atoms with van der Waals surface area (Å²) in [5.74, 6) is 0. The first-order valence-corrected chi connectivity index (χ1v) is 4.38. The summed E-state index contributed by atoms with van der Waals surface area (Å²) >= 11 is 0. The third-order valence-corrected chi connectivity index (χ3v) is 2.21. The number of nitrogens with one attached hydrogen (secondary N) is 1. The molecule has 0 saturated heterocycles. The zero-order valence-electron chi connectivity index (χ0n) is 7.82. The fourth-order valence-corrected chi connectivity index (χ4v) is 1.40. The number of carbonyl (C=O) groups is 1. The quantitative estimate of drug-likeness (QED) is 0.731. The molecule has 0 aliphatic rings. The first-order valence-electron chi connectivity index (χ1n) is 4.38. The third-order valence-electron chi connectivity index (χ3n) is 2.21. The summed E-state index contributed by atoms with van der Waals surface area (Å²) in [6, 6.07) is 9.79. The molecule has 14 heavy (non-hydrogen) atoms. The standard InChI is InChI=1S/C11H10N2O/c1-8-10(7-14)12-13-11(8)9-5-3-2-4-6-9/h2-7H,1H3,(H,12,13). The summed E-state index contributed by atoms with van der Waals surface area (Å²) in [5, 5.41) is 6.80. The zero-order chi connectivity index (χ0) is 9.97. The topological polar surface area (TPSA) is 45.8 Å². The summed E-state index contributed by atoms with van der Waals surface area (Å²) in [4.78, 5) is 10.6. The molecule has 0 unspecified atom stereocenters. The molecular weight excluding hydrogens is 176 g/mol. The Bertz CT molecular complexity index is 446. The minimum atomic E-state index is 0.545. The number of hydrogen-bond acceptors (Lipinski definition) is 2. The number of carbonyl (C=O) groups excluding carboxylic acids is 1. The minimum Gasteiger partial charge on any atom is -0.296 e. The highest BCUT2D eigenvalue weighted by molar-refractivity contribution is 5.79. The molecule has 0 amide bonds. The Morgan fingerprint density at radius 1 is 1.29 bits per heavy atom. The van der Waals surface area contributed by atoms with Gasteiger partial charge in [-0.1, -0.05) is 30.3 Å². The second-order valence-electron chi connectivity index (χ2n) is 3.09. The van der Waals surface area contributed by atoms with Gasteiger partial charge in [-0.25, -0.2) is 0 Å². The summed E-state index contributed by atoms with van der Waals surface area (Å²) in [5.41, 5.74) is 3.30. The largest absolute Gasteiger partial charge is 0.296 e. The Morgan fingerprint density at radius 3 is 2.57 bits per heavy atom. The fraction of sp³-hybridized carbons (Fsp3) is 0.0909. The van der Waals surface area contributed by atoms with Gasteiger partial charge in [-0.3, -0.25) is 9.89 Å². The van der Waals surface area contributed by atoms with Crippen LogP contribution in [0.1, 0.15) is 16.1 Å². The lowest BCUT2D eigenvalue weighted by Gasteiger charge is -1.96. The van der Waals surface area contributed by atoms with Crippen LogP contribution in [0.2, 0.25) is 0 Å². The monoisotopic (exact) mass is 186 g/mol. The van der Waals surface area contributed by atoms with Crippen LogP contribution in [0.15, 0.2) is 30.3 Å². The molecule has 0 aliphatic heterocycles. The number of hydrogen-bond donors (Lipinski definition) is 1. The zero-order valence-corrected chi connectivity index (χ0v) is 7.82. The predicted octanol–water partition coefficient (Wildman–Crippen LogP) is 2.20. The molecule has 0 radical (unpaired) electrons. The van der Waals surface area contributed by atoms with E-state index < -0.39 is 0 Å². The highest BCUT2D eigenvalue weighted by Crippen LogP contribution is 2.21. The molecule has 2 rings (SSSR count). The second-order valence-corrected chi connectivity index (χ2v) is 3.09. The SMILES string of the molecule is Cc1c(-c2ccccc2)n[nH]c1C=O. The van der Waals surface area contributed by atoms with Crippen molar-refractivity contribution in [2.24, 2.45) is 0 Å². The van der Waals surface area contributed by atoms with E-state index in [1.165, 1.54) is 0 Å². The molecule has 0 bridgehead atoms. The molecule has 0 atom stereocenters. The first-order chi connectivity index (χ1) is 6.83. The Kier molecular flexibility index (Phi) is 2.14. The number of rotatable bonds is 2. The fourth-order valence-electron chi connectivity index (χ4n) is 1.40. The average Bonchev–Trinajstić information content (AvgIpc) is 2.61. The predicted molar refractivity (Wildman–Crippen MR) is 54.1 cm³/mol. The van der Waals surface area contributed by atoms with E-state index in [0.29, 0.717) is 5.69 Å². The molecular formula is C11H10N2O. The Balaban J connectivity index is 2.53. The molecule has 2 aromatic rings. The van der Waals surface area contributed by atoms with E-state index >= 15 is 0 Å². The van der Waals surface area contributed by atoms with Crippen molar-refractivity contribution in [3.05, 3.63) is 41.6 Å². The Labute approximate surface area is 81.8 Å². The normalized spacial score (nSPS) is 10.1. The Morgan fingerprint density at radius 2 is 2.00 bits per heavy atom. The van der Waals surface area contributed by atoms with Crippen LogP contribution in [0.4, 0.5) is 0 Å². The van der Waals surface area contributed by atoms with Crippen LogP contribution in [0.5, 0.6) is 0 Å². The van der Waals surface area contributed by atoms with E-state index in [0.717, 1.165) is 23.1 Å². The van der Waals surface area contributed by atoms with E-state index in [4.69, 9.17) is 0 Å². The summed E-state index contributed by atoms with van der Waals surface area (Å²) < 4.78 is 0. The second kappa shape index (κ2) is 3.46. The maximum absolute atomic E-state index is 10.6. The van der Waals surface area contributed by atoms with Gasteiger partial charge in [0.25, 0.3) is 0 Å². The van der Waals surface area contributed by atoms with Gasteiger partial charge in [0, 0.05) is 11.1 Å². The molecule has 3 nitrogen and oxygen atoms in total. The lowest BCUT2D eigenvalue weighted by Crippen LogP contribution is -1.82. The van der Waals surface area contributed by atoms with Crippen molar-refractivity contribution in [3.63, 3.8) is 0 Å². The van der Waals surface area contributed by atoms with Gasteiger partial charge < -0.3 is 0 Å². The van der Waals surface area contributed by atoms with Gasteiger partial charge in [0.15, 0.2) is 6.29 Å². The molecule has 0 spiro atoms. The van der Waals surface area contributed by atoms with Gasteiger partial charge in [0.05, 0.1) is 5.69 Å². The van der Waals surface area contributed by atoms with E-state index in [1.807, 2.05) is 37.3 Å². The van der Waals surface area contributed by atoms with E-state index in [2.05, 4.69) is 10.2 Å². The maximum atomic E-state index is 10.6. The third kappa shape index (κ3) is 1.33. The number of aldehydes is 1. The van der Waals surface area contributed by atoms with Crippen LogP contribution >= 0.6 is 0 Å². The van der Waals surface area contributed by atoms with Crippen LogP contribution in [-0.4, -0.2) is 16.5 Å². The molecule has 0 aliphatic carbocycles. The number of H-pyrrole nitrogens is 1. The number of benzene rings is 1. The van der Waals surface area contributed by atoms with Crippen LogP contribution in [0.25, 0.3) is 11.3 Å². The van der Waals surface area contributed by atoms with Crippen LogP contribution in [-0.2, 0) is 0 Å². The highest BCUT2D eigenvalue weighted by Gasteiger charge is 2.08. The van der Waals surface area contributed by atoms with Gasteiger partial charge in [-0.2, -0.15) is 5.10 Å². The summed E-state index contributed by atoms with van der Waals surface area (Å²) in [6.07, 6.45) is 0.786. The molecule has 1 heterocycles. The minimum absolute atomic E-state index is 0.545. The highest BCUT2D eigenvalue weighted by atomic mass is 16.1. The van der Waals surface area contributed by atoms with Gasteiger partial charge in [-0.15, -0.1) is 0 Å². The van der Waals surface area contributed by atoms with Gasteiger partial charge in [0.2, 0.25) is 0 Å². The van der Waals surface area contributed by atoms with E-state index in [-0.39, 0.29) is 0 Å². The molecule has 0 fully saturated rings. The van der Waals surface area contributed by atoms with Crippen molar-refractivity contribution in [1.82, 2.24) is 10.2 Å². The van der Waals surface area contributed by atoms with E-state index in [9.17, 15) is 4.79 Å². The summed E-state index contributed by atoms with van der Waals surface area (Å²) in [6.45, 7) is 1.88. The number of nitrogens with zero attached hydrogens (tertiary/aromatic N) is 1. The van der Waals surface area contributed by atoms with Crippen LogP contribution < -0.4 is 0 Å². The molecule has 0 saturated carbocycles. The van der Waals surface area contributed by atoms with Crippen molar-refractivity contribution >= 4 is 6.29 Å². The lowest BCUT2D eigenvalue weighted by atomic mass is 10.1. The lowest BCUT2D eigenvalue weighted by molar-refractivity contribution is 0.111. The van der Waals surface area contributed by atoms with Crippen molar-refractivity contribution in [1.29, 1.82) is 0 Å². The molecule has 3 heteroatoms. The van der Waals surface area contributed by atoms with Crippen LogP contribution in [0.3, 0.4) is 0 Å².